The molecule has 3 aliphatic carbocycles. The quantitative estimate of drug-likeness (QED) is 0.346. The van der Waals surface area contributed by atoms with Crippen molar-refractivity contribution >= 4 is 11.9 Å². The van der Waals surface area contributed by atoms with Gasteiger partial charge in [-0.3, -0.25) is 4.79 Å². The predicted octanol–water partition coefficient (Wildman–Crippen LogP) is 2.46. The molecule has 202 valence electrons. The van der Waals surface area contributed by atoms with Crippen LogP contribution < -0.4 is 16.0 Å². The third kappa shape index (κ3) is 5.24. The number of amides is 1. The molecule has 0 aromatic rings. The van der Waals surface area contributed by atoms with Crippen LogP contribution in [0.25, 0.3) is 0 Å². The van der Waals surface area contributed by atoms with Crippen molar-refractivity contribution in [3.8, 4) is 0 Å². The highest BCUT2D eigenvalue weighted by atomic mass is 16.5. The zero-order valence-electron chi connectivity index (χ0n) is 22.0. The SMILES string of the molecule is C=CC1C[C@]1(NC(=O)[C@@H]1CC(OC2CC(C3CCCCC3)NC3CC(OC)CCC32)CN1)C(=O)OC. The first-order chi connectivity index (χ1) is 17.5. The molecule has 8 heteroatoms. The van der Waals surface area contributed by atoms with E-state index in [2.05, 4.69) is 22.5 Å². The van der Waals surface area contributed by atoms with Crippen molar-refractivity contribution in [2.24, 2.45) is 17.8 Å². The fraction of sp³-hybridized carbons (Fsp3) is 0.857. The zero-order valence-corrected chi connectivity index (χ0v) is 22.0. The van der Waals surface area contributed by atoms with Gasteiger partial charge in [0.25, 0.3) is 0 Å². The molecule has 1 amide bonds. The number of nitrogens with one attached hydrogen (secondary N) is 3. The number of ether oxygens (including phenoxy) is 3. The molecular formula is C28H45N3O5. The molecule has 8 nitrogen and oxygen atoms in total. The Morgan fingerprint density at radius 3 is 2.50 bits per heavy atom. The van der Waals surface area contributed by atoms with E-state index >= 15 is 0 Å². The Bertz CT molecular complexity index is 817. The van der Waals surface area contributed by atoms with Gasteiger partial charge in [-0.1, -0.05) is 25.3 Å². The number of fused-ring (bicyclic) bond motifs is 1. The first kappa shape index (κ1) is 26.1. The van der Waals surface area contributed by atoms with E-state index in [9.17, 15) is 9.59 Å². The first-order valence-corrected chi connectivity index (χ1v) is 14.2. The summed E-state index contributed by atoms with van der Waals surface area (Å²) in [4.78, 5) is 25.4. The summed E-state index contributed by atoms with van der Waals surface area (Å²) in [6.07, 6.45) is 14.4. The fourth-order valence-electron chi connectivity index (χ4n) is 7.54. The molecule has 36 heavy (non-hydrogen) atoms. The summed E-state index contributed by atoms with van der Waals surface area (Å²) >= 11 is 0. The molecule has 2 aliphatic heterocycles. The molecule has 0 aromatic heterocycles. The largest absolute Gasteiger partial charge is 0.467 e. The second-order valence-electron chi connectivity index (χ2n) is 11.8. The van der Waals surface area contributed by atoms with Crippen LogP contribution in [0.15, 0.2) is 12.7 Å². The standard InChI is InChI=1S/C28H45N3O5/c1-4-18-15-28(18,27(33)35-3)31-26(32)24-13-20(16-29-24)36-25-14-22(17-8-6-5-7-9-17)30-23-12-19(34-2)10-11-21(23)25/h4,17-25,29-30H,1,5-16H2,2-3H3,(H,31,32)/t18?,19?,20?,21?,22?,23?,24-,25?,28+/m0/s1. The maximum Gasteiger partial charge on any atom is 0.332 e. The third-order valence-electron chi connectivity index (χ3n) is 9.77. The van der Waals surface area contributed by atoms with E-state index in [0.717, 1.165) is 31.6 Å². The average Bonchev–Trinajstić information content (AvgIpc) is 3.43. The topological polar surface area (TPSA) is 97.9 Å². The lowest BCUT2D eigenvalue weighted by molar-refractivity contribution is -0.147. The van der Waals surface area contributed by atoms with Crippen LogP contribution in [0.1, 0.15) is 70.6 Å². The number of hydrogen-bond donors (Lipinski definition) is 3. The van der Waals surface area contributed by atoms with Gasteiger partial charge in [0.15, 0.2) is 0 Å². The predicted molar refractivity (Wildman–Crippen MR) is 136 cm³/mol. The highest BCUT2D eigenvalue weighted by Gasteiger charge is 2.61. The minimum atomic E-state index is -0.955. The van der Waals surface area contributed by atoms with Gasteiger partial charge in [0.2, 0.25) is 5.91 Å². The number of carbonyl (C=O) groups is 2. The lowest BCUT2D eigenvalue weighted by Crippen LogP contribution is -2.60. The monoisotopic (exact) mass is 503 g/mol. The molecule has 5 fully saturated rings. The molecule has 0 aromatic carbocycles. The van der Waals surface area contributed by atoms with Crippen LogP contribution in [0.3, 0.4) is 0 Å². The van der Waals surface area contributed by atoms with Crippen LogP contribution in [-0.4, -0.2) is 74.6 Å². The number of methoxy groups -OCH3 is 2. The number of rotatable bonds is 8. The minimum Gasteiger partial charge on any atom is -0.467 e. The normalized spacial score (nSPS) is 42.8. The Hall–Kier alpha value is -1.48. The number of piperidine rings is 1. The van der Waals surface area contributed by atoms with E-state index in [4.69, 9.17) is 14.2 Å². The molecular weight excluding hydrogens is 458 g/mol. The summed E-state index contributed by atoms with van der Waals surface area (Å²) in [5.74, 6) is 0.603. The highest BCUT2D eigenvalue weighted by Crippen LogP contribution is 2.45. The van der Waals surface area contributed by atoms with E-state index in [0.29, 0.717) is 43.5 Å². The highest BCUT2D eigenvalue weighted by molar-refractivity contribution is 5.93. The van der Waals surface area contributed by atoms with Crippen molar-refractivity contribution in [3.05, 3.63) is 12.7 Å². The van der Waals surface area contributed by atoms with Gasteiger partial charge in [0, 0.05) is 37.6 Å². The number of esters is 1. The van der Waals surface area contributed by atoms with Gasteiger partial charge in [-0.2, -0.15) is 0 Å². The minimum absolute atomic E-state index is 0.000125. The Morgan fingerprint density at radius 1 is 1.00 bits per heavy atom. The van der Waals surface area contributed by atoms with Crippen LogP contribution >= 0.6 is 0 Å². The summed E-state index contributed by atoms with van der Waals surface area (Å²) in [6, 6.07) is 0.582. The van der Waals surface area contributed by atoms with Crippen molar-refractivity contribution in [1.29, 1.82) is 0 Å². The number of carbonyl (C=O) groups excluding carboxylic acids is 2. The Kier molecular flexibility index (Phi) is 8.06. The van der Waals surface area contributed by atoms with E-state index in [1.807, 2.05) is 7.11 Å². The summed E-state index contributed by atoms with van der Waals surface area (Å²) in [7, 11) is 3.19. The van der Waals surface area contributed by atoms with Gasteiger partial charge >= 0.3 is 5.97 Å². The van der Waals surface area contributed by atoms with Crippen LogP contribution in [0.5, 0.6) is 0 Å². The Labute approximate surface area is 215 Å². The molecule has 9 atom stereocenters. The van der Waals surface area contributed by atoms with Gasteiger partial charge in [-0.15, -0.1) is 6.58 Å². The second kappa shape index (κ2) is 11.1. The molecule has 7 unspecified atom stereocenters. The first-order valence-electron chi connectivity index (χ1n) is 14.2. The van der Waals surface area contributed by atoms with Crippen LogP contribution in [0, 0.1) is 17.8 Å². The van der Waals surface area contributed by atoms with E-state index < -0.39 is 11.5 Å². The summed E-state index contributed by atoms with van der Waals surface area (Å²) in [6.45, 7) is 4.45. The molecule has 3 saturated carbocycles. The van der Waals surface area contributed by atoms with Gasteiger partial charge in [0.1, 0.15) is 5.54 Å². The van der Waals surface area contributed by atoms with Gasteiger partial charge in [-0.05, 0) is 57.3 Å². The molecule has 2 saturated heterocycles. The fourth-order valence-corrected chi connectivity index (χ4v) is 7.54. The summed E-state index contributed by atoms with van der Waals surface area (Å²) in [5, 5.41) is 10.4. The average molecular weight is 504 g/mol. The molecule has 3 N–H and O–H groups in total. The molecule has 0 spiro atoms. The molecule has 0 radical (unpaired) electrons. The summed E-state index contributed by atoms with van der Waals surface area (Å²) in [5.41, 5.74) is -0.955. The van der Waals surface area contributed by atoms with Crippen molar-refractivity contribution in [1.82, 2.24) is 16.0 Å². The van der Waals surface area contributed by atoms with Crippen molar-refractivity contribution in [2.75, 3.05) is 20.8 Å². The Morgan fingerprint density at radius 2 is 1.81 bits per heavy atom. The zero-order chi connectivity index (χ0) is 25.3. The van der Waals surface area contributed by atoms with Crippen LogP contribution in [0.2, 0.25) is 0 Å². The maximum atomic E-state index is 13.1. The molecule has 5 rings (SSSR count). The van der Waals surface area contributed by atoms with Crippen LogP contribution in [-0.2, 0) is 23.8 Å². The van der Waals surface area contributed by atoms with Crippen molar-refractivity contribution in [2.45, 2.75) is 113 Å². The van der Waals surface area contributed by atoms with Gasteiger partial charge < -0.3 is 30.2 Å². The summed E-state index contributed by atoms with van der Waals surface area (Å²) < 4.78 is 17.5. The van der Waals surface area contributed by atoms with Gasteiger partial charge in [-0.25, -0.2) is 4.79 Å². The second-order valence-corrected chi connectivity index (χ2v) is 11.8. The smallest absolute Gasteiger partial charge is 0.332 e. The van der Waals surface area contributed by atoms with Gasteiger partial charge in [0.05, 0.1) is 31.5 Å². The van der Waals surface area contributed by atoms with E-state index in [-0.39, 0.29) is 30.1 Å². The maximum absolute atomic E-state index is 13.1. The van der Waals surface area contributed by atoms with E-state index in [1.165, 1.54) is 39.2 Å². The lowest BCUT2D eigenvalue weighted by atomic mass is 9.71. The van der Waals surface area contributed by atoms with Crippen molar-refractivity contribution < 1.29 is 23.8 Å². The van der Waals surface area contributed by atoms with E-state index in [1.54, 1.807) is 6.08 Å². The number of hydrogen-bond acceptors (Lipinski definition) is 7. The third-order valence-corrected chi connectivity index (χ3v) is 9.77. The van der Waals surface area contributed by atoms with Crippen LogP contribution in [0.4, 0.5) is 0 Å². The molecule has 0 bridgehead atoms. The van der Waals surface area contributed by atoms with Crippen molar-refractivity contribution in [3.63, 3.8) is 0 Å². The lowest BCUT2D eigenvalue weighted by Gasteiger charge is -2.49. The molecule has 5 aliphatic rings. The molecule has 2 heterocycles. The Balaban J connectivity index is 1.20.